The van der Waals surface area contributed by atoms with Gasteiger partial charge in [-0.05, 0) is 62.0 Å². The molecule has 0 amide bonds. The molecule has 0 spiro atoms. The van der Waals surface area contributed by atoms with Crippen LogP contribution in [0, 0.1) is 17.5 Å². The van der Waals surface area contributed by atoms with Crippen LogP contribution in [0.25, 0.3) is 11.3 Å². The van der Waals surface area contributed by atoms with Gasteiger partial charge in [-0.1, -0.05) is 6.07 Å². The largest absolute Gasteiger partial charge is 0.486 e. The van der Waals surface area contributed by atoms with Crippen molar-refractivity contribution in [3.05, 3.63) is 102 Å². The molecular formula is C25H22F3N3O3S. The number of nitrogens with one attached hydrogen (secondary N) is 1. The Morgan fingerprint density at radius 2 is 1.77 bits per heavy atom. The highest BCUT2D eigenvalue weighted by atomic mass is 32.2. The van der Waals surface area contributed by atoms with Crippen LogP contribution in [0.5, 0.6) is 5.75 Å². The number of benzene rings is 2. The molecule has 6 nitrogen and oxygen atoms in total. The molecule has 4 rings (SSSR count). The first kappa shape index (κ1) is 24.5. The number of hydrogen-bond donors (Lipinski definition) is 1. The molecule has 0 aliphatic rings. The Morgan fingerprint density at radius 3 is 2.40 bits per heavy atom. The van der Waals surface area contributed by atoms with Gasteiger partial charge in [0, 0.05) is 36.8 Å². The standard InChI is InChI=1S/C25H22F3N3O3S/c1-16(25-21(26)6-3-7-22(25)27)34-18-8-9-20(23(28)12-18)24-11-17(13-29-2)15-31(24)35(32,33)19-5-4-10-30-14-19/h3-12,14-16,29H,13H2,1-2H3. The van der Waals surface area contributed by atoms with Gasteiger partial charge in [0.05, 0.1) is 11.3 Å². The topological polar surface area (TPSA) is 73.2 Å². The van der Waals surface area contributed by atoms with Crippen molar-refractivity contribution in [2.45, 2.75) is 24.5 Å². The van der Waals surface area contributed by atoms with Gasteiger partial charge in [0.15, 0.2) is 0 Å². The fraction of sp³-hybridized carbons (Fsp3) is 0.160. The van der Waals surface area contributed by atoms with Gasteiger partial charge < -0.3 is 10.1 Å². The maximum Gasteiger partial charge on any atom is 0.269 e. The van der Waals surface area contributed by atoms with E-state index in [1.807, 2.05) is 0 Å². The lowest BCUT2D eigenvalue weighted by Gasteiger charge is -2.17. The van der Waals surface area contributed by atoms with Crippen LogP contribution < -0.4 is 10.1 Å². The van der Waals surface area contributed by atoms with E-state index in [4.69, 9.17) is 4.74 Å². The Balaban J connectivity index is 1.72. The highest BCUT2D eigenvalue weighted by Gasteiger charge is 2.24. The molecule has 0 saturated heterocycles. The summed E-state index contributed by atoms with van der Waals surface area (Å²) in [4.78, 5) is 3.82. The zero-order valence-electron chi connectivity index (χ0n) is 18.9. The van der Waals surface area contributed by atoms with Crippen molar-refractivity contribution >= 4 is 10.0 Å². The molecule has 0 bridgehead atoms. The molecule has 2 heterocycles. The van der Waals surface area contributed by atoms with Gasteiger partial charge in [0.2, 0.25) is 0 Å². The van der Waals surface area contributed by atoms with E-state index in [1.54, 1.807) is 13.1 Å². The highest BCUT2D eigenvalue weighted by molar-refractivity contribution is 7.90. The number of ether oxygens (including phenoxy) is 1. The molecule has 4 aromatic rings. The van der Waals surface area contributed by atoms with Crippen molar-refractivity contribution in [1.82, 2.24) is 14.3 Å². The van der Waals surface area contributed by atoms with Crippen LogP contribution >= 0.6 is 0 Å². The van der Waals surface area contributed by atoms with Crippen LogP contribution in [0.1, 0.15) is 24.2 Å². The van der Waals surface area contributed by atoms with E-state index in [2.05, 4.69) is 10.3 Å². The first-order valence-electron chi connectivity index (χ1n) is 10.6. The molecule has 0 fully saturated rings. The molecule has 182 valence electrons. The third kappa shape index (κ3) is 4.94. The quantitative estimate of drug-likeness (QED) is 0.365. The number of rotatable bonds is 8. The highest BCUT2D eigenvalue weighted by Crippen LogP contribution is 2.33. The third-order valence-corrected chi connectivity index (χ3v) is 7.01. The summed E-state index contributed by atoms with van der Waals surface area (Å²) in [6, 6.07) is 11.8. The van der Waals surface area contributed by atoms with Crippen LogP contribution in [0.4, 0.5) is 13.2 Å². The second-order valence-electron chi connectivity index (χ2n) is 7.79. The molecule has 2 aromatic carbocycles. The smallest absolute Gasteiger partial charge is 0.269 e. The van der Waals surface area contributed by atoms with Crippen LogP contribution in [0.15, 0.2) is 78.1 Å². The number of aromatic nitrogens is 2. The van der Waals surface area contributed by atoms with Crippen molar-refractivity contribution in [3.63, 3.8) is 0 Å². The summed E-state index contributed by atoms with van der Waals surface area (Å²) in [6.45, 7) is 1.81. The van der Waals surface area contributed by atoms with Gasteiger partial charge >= 0.3 is 0 Å². The predicted octanol–water partition coefficient (Wildman–Crippen LogP) is 5.06. The minimum Gasteiger partial charge on any atom is -0.486 e. The van der Waals surface area contributed by atoms with Gasteiger partial charge in [-0.25, -0.2) is 25.6 Å². The zero-order valence-corrected chi connectivity index (χ0v) is 19.7. The van der Waals surface area contributed by atoms with E-state index in [9.17, 15) is 17.2 Å². The summed E-state index contributed by atoms with van der Waals surface area (Å²) in [6.07, 6.45) is 3.06. The van der Waals surface area contributed by atoms with Crippen molar-refractivity contribution in [2.75, 3.05) is 7.05 Å². The van der Waals surface area contributed by atoms with Gasteiger partial charge in [-0.2, -0.15) is 0 Å². The van der Waals surface area contributed by atoms with Crippen LogP contribution in [0.2, 0.25) is 0 Å². The third-order valence-electron chi connectivity index (χ3n) is 5.35. The predicted molar refractivity (Wildman–Crippen MR) is 125 cm³/mol. The van der Waals surface area contributed by atoms with Crippen molar-refractivity contribution in [3.8, 4) is 17.0 Å². The fourth-order valence-electron chi connectivity index (χ4n) is 3.75. The second kappa shape index (κ2) is 9.93. The molecule has 1 N–H and O–H groups in total. The Kier molecular flexibility index (Phi) is 6.95. The van der Waals surface area contributed by atoms with Gasteiger partial charge in [-0.3, -0.25) is 4.98 Å². The average molecular weight is 502 g/mol. The fourth-order valence-corrected chi connectivity index (χ4v) is 5.10. The minimum atomic E-state index is -4.06. The molecule has 0 aliphatic heterocycles. The number of nitrogens with zero attached hydrogens (tertiary/aromatic N) is 2. The van der Waals surface area contributed by atoms with Crippen LogP contribution in [0.3, 0.4) is 0 Å². The molecule has 0 radical (unpaired) electrons. The summed E-state index contributed by atoms with van der Waals surface area (Å²) in [5.41, 5.74) is 0.469. The SMILES string of the molecule is CNCc1cc(-c2ccc(OC(C)c3c(F)cccc3F)cc2F)n(S(=O)(=O)c2cccnc2)c1. The number of pyridine rings is 1. The Hall–Kier alpha value is -3.63. The van der Waals surface area contributed by atoms with E-state index >= 15 is 4.39 Å². The van der Waals surface area contributed by atoms with Crippen molar-refractivity contribution < 1.29 is 26.3 Å². The van der Waals surface area contributed by atoms with E-state index in [0.717, 1.165) is 22.2 Å². The lowest BCUT2D eigenvalue weighted by Crippen LogP contribution is -2.14. The molecule has 2 aromatic heterocycles. The molecular weight excluding hydrogens is 479 g/mol. The summed E-state index contributed by atoms with van der Waals surface area (Å²) in [5, 5.41) is 2.94. The van der Waals surface area contributed by atoms with Gasteiger partial charge in [0.25, 0.3) is 10.0 Å². The van der Waals surface area contributed by atoms with Gasteiger partial charge in [0.1, 0.15) is 34.2 Å². The molecule has 1 atom stereocenters. The summed E-state index contributed by atoms with van der Waals surface area (Å²) >= 11 is 0. The zero-order chi connectivity index (χ0) is 25.2. The van der Waals surface area contributed by atoms with E-state index in [0.29, 0.717) is 12.1 Å². The minimum absolute atomic E-state index is 0.0110. The lowest BCUT2D eigenvalue weighted by atomic mass is 10.1. The maximum absolute atomic E-state index is 15.2. The summed E-state index contributed by atoms with van der Waals surface area (Å²) in [5.74, 6) is -2.28. The lowest BCUT2D eigenvalue weighted by molar-refractivity contribution is 0.214. The monoisotopic (exact) mass is 501 g/mol. The first-order valence-corrected chi connectivity index (χ1v) is 12.1. The first-order chi connectivity index (χ1) is 16.7. The average Bonchev–Trinajstić information content (AvgIpc) is 3.24. The van der Waals surface area contributed by atoms with Crippen molar-refractivity contribution in [1.29, 1.82) is 0 Å². The Labute approximate surface area is 201 Å². The number of halogens is 3. The Bertz CT molecular complexity index is 1440. The summed E-state index contributed by atoms with van der Waals surface area (Å²) in [7, 11) is -2.35. The van der Waals surface area contributed by atoms with Gasteiger partial charge in [-0.15, -0.1) is 0 Å². The molecule has 1 unspecified atom stereocenters. The molecule has 35 heavy (non-hydrogen) atoms. The summed E-state index contributed by atoms with van der Waals surface area (Å²) < 4.78 is 76.5. The molecule has 0 aliphatic carbocycles. The van der Waals surface area contributed by atoms with E-state index in [1.165, 1.54) is 55.8 Å². The molecule has 10 heteroatoms. The van der Waals surface area contributed by atoms with Crippen molar-refractivity contribution in [2.24, 2.45) is 0 Å². The Morgan fingerprint density at radius 1 is 1.03 bits per heavy atom. The molecule has 0 saturated carbocycles. The van der Waals surface area contributed by atoms with E-state index < -0.39 is 33.6 Å². The maximum atomic E-state index is 15.2. The van der Waals surface area contributed by atoms with Crippen LogP contribution in [-0.4, -0.2) is 24.4 Å². The number of hydrogen-bond acceptors (Lipinski definition) is 5. The normalized spacial score (nSPS) is 12.5. The second-order valence-corrected chi connectivity index (χ2v) is 9.61. The van der Waals surface area contributed by atoms with E-state index in [-0.39, 0.29) is 27.5 Å². The van der Waals surface area contributed by atoms with Crippen LogP contribution in [-0.2, 0) is 16.6 Å².